The SMILES string of the molecule is CCC1CCCCN1c1nc(-c2ccccc2)nc2ccc(Br)cc12. The molecule has 0 bridgehead atoms. The minimum atomic E-state index is 0.564. The Hall–Kier alpha value is -1.94. The first-order chi connectivity index (χ1) is 12.3. The van der Waals surface area contributed by atoms with Gasteiger partial charge in [-0.3, -0.25) is 0 Å². The van der Waals surface area contributed by atoms with E-state index in [1.54, 1.807) is 0 Å². The monoisotopic (exact) mass is 395 g/mol. The highest BCUT2D eigenvalue weighted by atomic mass is 79.9. The first-order valence-corrected chi connectivity index (χ1v) is 9.85. The van der Waals surface area contributed by atoms with E-state index in [-0.39, 0.29) is 0 Å². The molecule has 1 aliphatic rings. The maximum atomic E-state index is 5.03. The minimum absolute atomic E-state index is 0.564. The number of halogens is 1. The zero-order valence-electron chi connectivity index (χ0n) is 14.5. The molecule has 0 saturated carbocycles. The topological polar surface area (TPSA) is 29.0 Å². The molecule has 128 valence electrons. The molecule has 0 radical (unpaired) electrons. The highest BCUT2D eigenvalue weighted by Gasteiger charge is 2.24. The first kappa shape index (κ1) is 16.5. The molecule has 1 aliphatic heterocycles. The summed E-state index contributed by atoms with van der Waals surface area (Å²) in [6.45, 7) is 3.35. The van der Waals surface area contributed by atoms with Crippen LogP contribution < -0.4 is 4.90 Å². The van der Waals surface area contributed by atoms with Gasteiger partial charge in [0.25, 0.3) is 0 Å². The summed E-state index contributed by atoms with van der Waals surface area (Å²) in [5, 5.41) is 1.13. The largest absolute Gasteiger partial charge is 0.353 e. The molecule has 4 rings (SSSR count). The van der Waals surface area contributed by atoms with Gasteiger partial charge in [0.15, 0.2) is 5.82 Å². The van der Waals surface area contributed by atoms with Crippen LogP contribution in [-0.4, -0.2) is 22.6 Å². The maximum absolute atomic E-state index is 5.03. The van der Waals surface area contributed by atoms with E-state index in [4.69, 9.17) is 9.97 Å². The zero-order chi connectivity index (χ0) is 17.2. The number of piperidine rings is 1. The molecule has 1 unspecified atom stereocenters. The summed E-state index contributed by atoms with van der Waals surface area (Å²) in [6, 6.07) is 17.1. The second-order valence-electron chi connectivity index (χ2n) is 6.65. The standard InChI is InChI=1S/C21H22BrN3/c1-2-17-10-6-7-13-25(17)21-18-14-16(22)11-12-19(18)23-20(24-21)15-8-4-3-5-9-15/h3-5,8-9,11-12,14,17H,2,6-7,10,13H2,1H3. The molecule has 3 nitrogen and oxygen atoms in total. The van der Waals surface area contributed by atoms with Crippen molar-refractivity contribution in [1.82, 2.24) is 9.97 Å². The first-order valence-electron chi connectivity index (χ1n) is 9.05. The summed E-state index contributed by atoms with van der Waals surface area (Å²) in [5.74, 6) is 1.89. The Morgan fingerprint density at radius 2 is 1.92 bits per heavy atom. The van der Waals surface area contributed by atoms with Crippen LogP contribution in [0.15, 0.2) is 53.0 Å². The molecule has 1 aromatic heterocycles. The summed E-state index contributed by atoms with van der Waals surface area (Å²) in [7, 11) is 0. The van der Waals surface area contributed by atoms with E-state index in [1.165, 1.54) is 19.3 Å². The number of hydrogen-bond donors (Lipinski definition) is 0. The van der Waals surface area contributed by atoms with Gasteiger partial charge in [-0.05, 0) is 43.9 Å². The average molecular weight is 396 g/mol. The molecule has 0 N–H and O–H groups in total. The van der Waals surface area contributed by atoms with Crippen LogP contribution in [-0.2, 0) is 0 Å². The maximum Gasteiger partial charge on any atom is 0.162 e. The van der Waals surface area contributed by atoms with Gasteiger partial charge in [-0.2, -0.15) is 0 Å². The number of nitrogens with zero attached hydrogens (tertiary/aromatic N) is 3. The van der Waals surface area contributed by atoms with Gasteiger partial charge in [-0.1, -0.05) is 53.2 Å². The van der Waals surface area contributed by atoms with Crippen LogP contribution in [0.25, 0.3) is 22.3 Å². The molecule has 0 amide bonds. The number of anilines is 1. The van der Waals surface area contributed by atoms with Crippen LogP contribution in [0.2, 0.25) is 0 Å². The van der Waals surface area contributed by atoms with Crippen LogP contribution in [0.3, 0.4) is 0 Å². The van der Waals surface area contributed by atoms with Gasteiger partial charge in [0.1, 0.15) is 5.82 Å². The fraction of sp³-hybridized carbons (Fsp3) is 0.333. The van der Waals surface area contributed by atoms with E-state index >= 15 is 0 Å². The lowest BCUT2D eigenvalue weighted by molar-refractivity contribution is 0.448. The predicted molar refractivity (Wildman–Crippen MR) is 108 cm³/mol. The van der Waals surface area contributed by atoms with Crippen molar-refractivity contribution >= 4 is 32.7 Å². The highest BCUT2D eigenvalue weighted by Crippen LogP contribution is 2.33. The van der Waals surface area contributed by atoms with Crippen LogP contribution in [0.1, 0.15) is 32.6 Å². The van der Waals surface area contributed by atoms with Crippen LogP contribution in [0.4, 0.5) is 5.82 Å². The molecule has 2 aromatic carbocycles. The third kappa shape index (κ3) is 3.28. The highest BCUT2D eigenvalue weighted by molar-refractivity contribution is 9.10. The van der Waals surface area contributed by atoms with Crippen LogP contribution in [0, 0.1) is 0 Å². The third-order valence-electron chi connectivity index (χ3n) is 5.04. The van der Waals surface area contributed by atoms with Crippen LogP contribution in [0.5, 0.6) is 0 Å². The Morgan fingerprint density at radius 1 is 1.08 bits per heavy atom. The fourth-order valence-corrected chi connectivity index (χ4v) is 4.08. The third-order valence-corrected chi connectivity index (χ3v) is 5.53. The lowest BCUT2D eigenvalue weighted by Gasteiger charge is -2.37. The molecule has 0 spiro atoms. The summed E-state index contributed by atoms with van der Waals surface area (Å²) >= 11 is 3.61. The number of rotatable bonds is 3. The van der Waals surface area contributed by atoms with Gasteiger partial charge in [0, 0.05) is 28.0 Å². The number of aromatic nitrogens is 2. The molecule has 0 aliphatic carbocycles. The molecular weight excluding hydrogens is 374 g/mol. The van der Waals surface area contributed by atoms with E-state index < -0.39 is 0 Å². The van der Waals surface area contributed by atoms with Crippen molar-refractivity contribution in [2.24, 2.45) is 0 Å². The lowest BCUT2D eigenvalue weighted by Crippen LogP contribution is -2.39. The van der Waals surface area contributed by atoms with Crippen molar-refractivity contribution in [2.75, 3.05) is 11.4 Å². The van der Waals surface area contributed by atoms with Crippen molar-refractivity contribution < 1.29 is 0 Å². The van der Waals surface area contributed by atoms with Gasteiger partial charge >= 0.3 is 0 Å². The average Bonchev–Trinajstić information content (AvgIpc) is 2.68. The Kier molecular flexibility index (Phi) is 4.71. The molecule has 1 fully saturated rings. The Bertz CT molecular complexity index is 879. The second kappa shape index (κ2) is 7.12. The minimum Gasteiger partial charge on any atom is -0.353 e. The Balaban J connectivity index is 1.92. The summed E-state index contributed by atoms with van der Waals surface area (Å²) in [6.07, 6.45) is 4.95. The van der Waals surface area contributed by atoms with Crippen molar-refractivity contribution in [3.8, 4) is 11.4 Å². The van der Waals surface area contributed by atoms with E-state index in [9.17, 15) is 0 Å². The normalized spacial score (nSPS) is 17.8. The molecule has 3 aromatic rings. The lowest BCUT2D eigenvalue weighted by atomic mass is 9.99. The molecule has 1 saturated heterocycles. The van der Waals surface area contributed by atoms with E-state index in [1.807, 2.05) is 18.2 Å². The number of benzene rings is 2. The van der Waals surface area contributed by atoms with Gasteiger partial charge in [-0.15, -0.1) is 0 Å². The van der Waals surface area contributed by atoms with Gasteiger partial charge < -0.3 is 4.90 Å². The van der Waals surface area contributed by atoms with Crippen molar-refractivity contribution in [3.63, 3.8) is 0 Å². The molecule has 25 heavy (non-hydrogen) atoms. The van der Waals surface area contributed by atoms with Crippen molar-refractivity contribution in [2.45, 2.75) is 38.6 Å². The van der Waals surface area contributed by atoms with Crippen LogP contribution >= 0.6 is 15.9 Å². The van der Waals surface area contributed by atoms with Gasteiger partial charge in [-0.25, -0.2) is 9.97 Å². The summed E-state index contributed by atoms with van der Waals surface area (Å²) in [4.78, 5) is 12.4. The van der Waals surface area contributed by atoms with Gasteiger partial charge in [0.2, 0.25) is 0 Å². The van der Waals surface area contributed by atoms with E-state index in [0.29, 0.717) is 6.04 Å². The quantitative estimate of drug-likeness (QED) is 0.558. The fourth-order valence-electron chi connectivity index (χ4n) is 3.72. The number of hydrogen-bond acceptors (Lipinski definition) is 3. The Morgan fingerprint density at radius 3 is 2.72 bits per heavy atom. The van der Waals surface area contributed by atoms with Crippen molar-refractivity contribution in [1.29, 1.82) is 0 Å². The van der Waals surface area contributed by atoms with Gasteiger partial charge in [0.05, 0.1) is 5.52 Å². The molecule has 4 heteroatoms. The molecular formula is C21H22BrN3. The van der Waals surface area contributed by atoms with E-state index in [0.717, 1.165) is 45.5 Å². The number of fused-ring (bicyclic) bond motifs is 1. The van der Waals surface area contributed by atoms with E-state index in [2.05, 4.69) is 58.1 Å². The van der Waals surface area contributed by atoms with Crippen molar-refractivity contribution in [3.05, 3.63) is 53.0 Å². The summed E-state index contributed by atoms with van der Waals surface area (Å²) in [5.41, 5.74) is 2.08. The zero-order valence-corrected chi connectivity index (χ0v) is 16.0. The Labute approximate surface area is 157 Å². The second-order valence-corrected chi connectivity index (χ2v) is 7.57. The predicted octanol–water partition coefficient (Wildman–Crippen LogP) is 5.83. The smallest absolute Gasteiger partial charge is 0.162 e. The molecule has 1 atom stereocenters. The molecule has 2 heterocycles. The summed E-state index contributed by atoms with van der Waals surface area (Å²) < 4.78 is 1.07.